The third kappa shape index (κ3) is 3.56. The number of carbonyl (C=O) groups is 1. The van der Waals surface area contributed by atoms with Crippen LogP contribution in [0, 0.1) is 18.3 Å². The lowest BCUT2D eigenvalue weighted by Gasteiger charge is -2.36. The van der Waals surface area contributed by atoms with E-state index >= 15 is 0 Å². The first-order valence-electron chi connectivity index (χ1n) is 7.28. The molecule has 112 valence electrons. The molecule has 1 aliphatic heterocycles. The second-order valence-electron chi connectivity index (χ2n) is 6.00. The fourth-order valence-electron chi connectivity index (χ4n) is 2.61. The molecular formula is C14H24N4O2. The van der Waals surface area contributed by atoms with Crippen molar-refractivity contribution in [2.24, 2.45) is 11.3 Å². The molecule has 1 unspecified atom stereocenters. The summed E-state index contributed by atoms with van der Waals surface area (Å²) in [6.45, 7) is 8.34. The molecule has 2 N–H and O–H groups in total. The topological polar surface area (TPSA) is 80.0 Å². The first-order chi connectivity index (χ1) is 9.50. The van der Waals surface area contributed by atoms with Gasteiger partial charge in [0, 0.05) is 25.3 Å². The van der Waals surface area contributed by atoms with Gasteiger partial charge < -0.3 is 15.2 Å². The molecule has 1 saturated heterocycles. The summed E-state index contributed by atoms with van der Waals surface area (Å²) in [5.74, 6) is 1.69. The number of amides is 1. The number of nitrogens with one attached hydrogen (secondary N) is 2. The standard InChI is InChI=1S/C14H24N4O2/c1-10-17-12(18-20-10)6-8-16-13(19)14(2,3)11-5-4-7-15-9-11/h11,15H,4-9H2,1-3H3,(H,16,19). The van der Waals surface area contributed by atoms with Crippen molar-refractivity contribution in [2.45, 2.75) is 40.0 Å². The van der Waals surface area contributed by atoms with Crippen molar-refractivity contribution in [2.75, 3.05) is 19.6 Å². The monoisotopic (exact) mass is 280 g/mol. The summed E-state index contributed by atoms with van der Waals surface area (Å²) >= 11 is 0. The van der Waals surface area contributed by atoms with Gasteiger partial charge in [0.2, 0.25) is 11.8 Å². The van der Waals surface area contributed by atoms with E-state index in [0.29, 0.717) is 30.6 Å². The highest BCUT2D eigenvalue weighted by atomic mass is 16.5. The third-order valence-corrected chi connectivity index (χ3v) is 4.11. The van der Waals surface area contributed by atoms with E-state index in [1.807, 2.05) is 13.8 Å². The van der Waals surface area contributed by atoms with Gasteiger partial charge in [-0.25, -0.2) is 0 Å². The maximum atomic E-state index is 12.4. The van der Waals surface area contributed by atoms with Gasteiger partial charge in [-0.3, -0.25) is 4.79 Å². The van der Waals surface area contributed by atoms with Gasteiger partial charge in [0.25, 0.3) is 0 Å². The van der Waals surface area contributed by atoms with Crippen molar-refractivity contribution in [3.8, 4) is 0 Å². The number of aryl methyl sites for hydroxylation is 1. The first-order valence-corrected chi connectivity index (χ1v) is 7.28. The van der Waals surface area contributed by atoms with Crippen LogP contribution in [0.25, 0.3) is 0 Å². The van der Waals surface area contributed by atoms with Crippen LogP contribution >= 0.6 is 0 Å². The molecule has 1 aromatic heterocycles. The number of piperidine rings is 1. The van der Waals surface area contributed by atoms with Crippen LogP contribution < -0.4 is 10.6 Å². The summed E-state index contributed by atoms with van der Waals surface area (Å²) in [4.78, 5) is 16.5. The normalized spacial score (nSPS) is 19.9. The van der Waals surface area contributed by atoms with Crippen molar-refractivity contribution >= 4 is 5.91 Å². The molecule has 1 amide bonds. The minimum Gasteiger partial charge on any atom is -0.355 e. The fraction of sp³-hybridized carbons (Fsp3) is 0.786. The van der Waals surface area contributed by atoms with E-state index in [1.54, 1.807) is 6.92 Å². The van der Waals surface area contributed by atoms with Gasteiger partial charge in [-0.1, -0.05) is 19.0 Å². The van der Waals surface area contributed by atoms with Crippen molar-refractivity contribution in [1.29, 1.82) is 0 Å². The van der Waals surface area contributed by atoms with Crippen molar-refractivity contribution in [3.63, 3.8) is 0 Å². The lowest BCUT2D eigenvalue weighted by molar-refractivity contribution is -0.132. The summed E-state index contributed by atoms with van der Waals surface area (Å²) in [7, 11) is 0. The predicted molar refractivity (Wildman–Crippen MR) is 75.1 cm³/mol. The number of hydrogen-bond donors (Lipinski definition) is 2. The lowest BCUT2D eigenvalue weighted by atomic mass is 9.74. The van der Waals surface area contributed by atoms with E-state index in [9.17, 15) is 4.79 Å². The molecule has 0 bridgehead atoms. The number of nitrogens with zero attached hydrogens (tertiary/aromatic N) is 2. The maximum absolute atomic E-state index is 12.4. The average Bonchev–Trinajstić information content (AvgIpc) is 2.85. The van der Waals surface area contributed by atoms with Gasteiger partial charge in [0.1, 0.15) is 0 Å². The average molecular weight is 280 g/mol. The second kappa shape index (κ2) is 6.35. The Bertz CT molecular complexity index is 450. The molecule has 1 aliphatic rings. The zero-order valence-corrected chi connectivity index (χ0v) is 12.5. The zero-order chi connectivity index (χ0) is 14.6. The molecule has 20 heavy (non-hydrogen) atoms. The molecule has 1 fully saturated rings. The van der Waals surface area contributed by atoms with Gasteiger partial charge in [-0.2, -0.15) is 4.98 Å². The van der Waals surface area contributed by atoms with Gasteiger partial charge in [-0.15, -0.1) is 0 Å². The summed E-state index contributed by atoms with van der Waals surface area (Å²) < 4.78 is 4.90. The summed E-state index contributed by atoms with van der Waals surface area (Å²) in [5.41, 5.74) is -0.347. The molecule has 1 aromatic rings. The van der Waals surface area contributed by atoms with E-state index in [0.717, 1.165) is 25.9 Å². The van der Waals surface area contributed by atoms with Crippen LogP contribution in [0.1, 0.15) is 38.4 Å². The maximum Gasteiger partial charge on any atom is 0.225 e. The number of carbonyl (C=O) groups excluding carboxylic acids is 1. The molecule has 6 heteroatoms. The number of hydrogen-bond acceptors (Lipinski definition) is 5. The Hall–Kier alpha value is -1.43. The highest BCUT2D eigenvalue weighted by Gasteiger charge is 2.36. The Morgan fingerprint density at radius 2 is 2.35 bits per heavy atom. The zero-order valence-electron chi connectivity index (χ0n) is 12.5. The van der Waals surface area contributed by atoms with E-state index in [4.69, 9.17) is 4.52 Å². The van der Waals surface area contributed by atoms with Crippen molar-refractivity contribution < 1.29 is 9.32 Å². The van der Waals surface area contributed by atoms with Crippen molar-refractivity contribution in [1.82, 2.24) is 20.8 Å². The molecule has 0 radical (unpaired) electrons. The van der Waals surface area contributed by atoms with Crippen LogP contribution in [0.15, 0.2) is 4.52 Å². The highest BCUT2D eigenvalue weighted by Crippen LogP contribution is 2.31. The number of rotatable bonds is 5. The molecular weight excluding hydrogens is 256 g/mol. The Morgan fingerprint density at radius 1 is 1.55 bits per heavy atom. The number of aromatic nitrogens is 2. The molecule has 2 rings (SSSR count). The van der Waals surface area contributed by atoms with Gasteiger partial charge >= 0.3 is 0 Å². The minimum absolute atomic E-state index is 0.103. The third-order valence-electron chi connectivity index (χ3n) is 4.11. The molecule has 1 atom stereocenters. The largest absolute Gasteiger partial charge is 0.355 e. The van der Waals surface area contributed by atoms with E-state index in [1.165, 1.54) is 0 Å². The van der Waals surface area contributed by atoms with Gasteiger partial charge in [0.05, 0.1) is 0 Å². The Morgan fingerprint density at radius 3 is 2.95 bits per heavy atom. The summed E-state index contributed by atoms with van der Waals surface area (Å²) in [5, 5.41) is 10.2. The Kier molecular flexibility index (Phi) is 4.75. The quantitative estimate of drug-likeness (QED) is 0.843. The molecule has 6 nitrogen and oxygen atoms in total. The van der Waals surface area contributed by atoms with E-state index in [2.05, 4.69) is 20.8 Å². The minimum atomic E-state index is -0.347. The van der Waals surface area contributed by atoms with Crippen LogP contribution in [0.4, 0.5) is 0 Å². The molecule has 2 heterocycles. The van der Waals surface area contributed by atoms with Crippen LogP contribution in [-0.2, 0) is 11.2 Å². The van der Waals surface area contributed by atoms with Crippen molar-refractivity contribution in [3.05, 3.63) is 11.7 Å². The van der Waals surface area contributed by atoms with Crippen LogP contribution in [0.3, 0.4) is 0 Å². The fourth-order valence-corrected chi connectivity index (χ4v) is 2.61. The van der Waals surface area contributed by atoms with Crippen LogP contribution in [0.2, 0.25) is 0 Å². The lowest BCUT2D eigenvalue weighted by Crippen LogP contribution is -2.47. The summed E-state index contributed by atoms with van der Waals surface area (Å²) in [6, 6.07) is 0. The Balaban J connectivity index is 1.80. The molecule has 0 aliphatic carbocycles. The first kappa shape index (κ1) is 15.0. The Labute approximate surface area is 119 Å². The highest BCUT2D eigenvalue weighted by molar-refractivity contribution is 5.82. The predicted octanol–water partition coefficient (Wildman–Crippen LogP) is 1.06. The summed E-state index contributed by atoms with van der Waals surface area (Å²) in [6.07, 6.45) is 2.85. The molecule has 0 aromatic carbocycles. The molecule has 0 saturated carbocycles. The van der Waals surface area contributed by atoms with Gasteiger partial charge in [0.15, 0.2) is 5.82 Å². The van der Waals surface area contributed by atoms with Crippen LogP contribution in [0.5, 0.6) is 0 Å². The van der Waals surface area contributed by atoms with E-state index < -0.39 is 0 Å². The smallest absolute Gasteiger partial charge is 0.225 e. The molecule has 0 spiro atoms. The van der Waals surface area contributed by atoms with Gasteiger partial charge in [-0.05, 0) is 31.8 Å². The van der Waals surface area contributed by atoms with Crippen LogP contribution in [-0.4, -0.2) is 35.7 Å². The second-order valence-corrected chi connectivity index (χ2v) is 6.00. The van der Waals surface area contributed by atoms with E-state index in [-0.39, 0.29) is 11.3 Å². The SMILES string of the molecule is Cc1nc(CCNC(=O)C(C)(C)C2CCCNC2)no1.